The first-order chi connectivity index (χ1) is 8.56. The lowest BCUT2D eigenvalue weighted by molar-refractivity contribution is 0.0686. The maximum Gasteiger partial charge on any atom is 0.352 e. The maximum atomic E-state index is 12.4. The first kappa shape index (κ1) is 11.5. The van der Waals surface area contributed by atoms with Crippen LogP contribution in [0.15, 0.2) is 12.3 Å². The number of nitrogens with zero attached hydrogens (tertiary/aromatic N) is 1. The lowest BCUT2D eigenvalue weighted by atomic mass is 9.84. The molecule has 0 saturated heterocycles. The summed E-state index contributed by atoms with van der Waals surface area (Å²) in [6.07, 6.45) is 6.27. The van der Waals surface area contributed by atoms with Gasteiger partial charge in [-0.15, -0.1) is 0 Å². The summed E-state index contributed by atoms with van der Waals surface area (Å²) >= 11 is 0. The fraction of sp³-hybridized carbons (Fsp3) is 0.571. The van der Waals surface area contributed by atoms with Crippen molar-refractivity contribution in [3.63, 3.8) is 0 Å². The van der Waals surface area contributed by atoms with Crippen LogP contribution in [0, 0.1) is 17.8 Å². The van der Waals surface area contributed by atoms with Gasteiger partial charge in [-0.2, -0.15) is 0 Å². The lowest BCUT2D eigenvalue weighted by Gasteiger charge is -2.19. The predicted octanol–water partition coefficient (Wildman–Crippen LogP) is 2.34. The summed E-state index contributed by atoms with van der Waals surface area (Å²) in [7, 11) is 1.67. The van der Waals surface area contributed by atoms with E-state index < -0.39 is 5.97 Å². The van der Waals surface area contributed by atoms with Gasteiger partial charge in [0.15, 0.2) is 5.78 Å². The summed E-state index contributed by atoms with van der Waals surface area (Å²) in [6, 6.07) is 1.51. The van der Waals surface area contributed by atoms with Gasteiger partial charge in [0.2, 0.25) is 0 Å². The summed E-state index contributed by atoms with van der Waals surface area (Å²) < 4.78 is 1.52. The molecule has 0 amide bonds. The maximum absolute atomic E-state index is 12.4. The highest BCUT2D eigenvalue weighted by atomic mass is 16.4. The zero-order valence-corrected chi connectivity index (χ0v) is 10.4. The Bertz CT molecular complexity index is 517. The Labute approximate surface area is 106 Å². The van der Waals surface area contributed by atoms with Crippen molar-refractivity contribution in [2.24, 2.45) is 24.8 Å². The SMILES string of the molecule is Cn1cc(C(=O)C2CC3CCC2C3)cc1C(=O)O. The minimum Gasteiger partial charge on any atom is -0.477 e. The van der Waals surface area contributed by atoms with Gasteiger partial charge in [0.25, 0.3) is 0 Å². The third-order valence-corrected chi connectivity index (χ3v) is 4.58. The van der Waals surface area contributed by atoms with Crippen LogP contribution in [0.2, 0.25) is 0 Å². The topological polar surface area (TPSA) is 59.3 Å². The number of aromatic carboxylic acids is 1. The molecule has 1 N–H and O–H groups in total. The molecular formula is C14H17NO3. The first-order valence-corrected chi connectivity index (χ1v) is 6.50. The number of hydrogen-bond acceptors (Lipinski definition) is 2. The highest BCUT2D eigenvalue weighted by Crippen LogP contribution is 2.49. The largest absolute Gasteiger partial charge is 0.477 e. The molecule has 2 fully saturated rings. The zero-order valence-electron chi connectivity index (χ0n) is 10.4. The van der Waals surface area contributed by atoms with E-state index in [9.17, 15) is 9.59 Å². The first-order valence-electron chi connectivity index (χ1n) is 6.50. The minimum absolute atomic E-state index is 0.132. The van der Waals surface area contributed by atoms with Gasteiger partial charge >= 0.3 is 5.97 Å². The van der Waals surface area contributed by atoms with E-state index in [1.807, 2.05) is 0 Å². The van der Waals surface area contributed by atoms with E-state index >= 15 is 0 Å². The third kappa shape index (κ3) is 1.67. The molecule has 2 aliphatic carbocycles. The van der Waals surface area contributed by atoms with Crippen LogP contribution in [0.5, 0.6) is 0 Å². The predicted molar refractivity (Wildman–Crippen MR) is 65.6 cm³/mol. The van der Waals surface area contributed by atoms with Crippen molar-refractivity contribution in [3.05, 3.63) is 23.5 Å². The van der Waals surface area contributed by atoms with E-state index in [0.29, 0.717) is 11.5 Å². The van der Waals surface area contributed by atoms with E-state index in [0.717, 1.165) is 12.3 Å². The van der Waals surface area contributed by atoms with Gasteiger partial charge < -0.3 is 9.67 Å². The van der Waals surface area contributed by atoms with E-state index in [2.05, 4.69) is 0 Å². The number of aromatic nitrogens is 1. The van der Waals surface area contributed by atoms with Crippen molar-refractivity contribution < 1.29 is 14.7 Å². The molecule has 0 radical (unpaired) electrons. The molecule has 4 nitrogen and oxygen atoms in total. The van der Waals surface area contributed by atoms with Gasteiger partial charge in [-0.05, 0) is 37.2 Å². The fourth-order valence-electron chi connectivity index (χ4n) is 3.69. The number of Topliss-reactive ketones (excluding diaryl/α,β-unsaturated/α-hetero) is 1. The number of aryl methyl sites for hydroxylation is 1. The van der Waals surface area contributed by atoms with Crippen LogP contribution in [-0.2, 0) is 7.05 Å². The highest BCUT2D eigenvalue weighted by Gasteiger charge is 2.43. The molecule has 2 aliphatic rings. The molecule has 18 heavy (non-hydrogen) atoms. The smallest absolute Gasteiger partial charge is 0.352 e. The molecule has 4 heteroatoms. The van der Waals surface area contributed by atoms with E-state index in [-0.39, 0.29) is 17.4 Å². The van der Waals surface area contributed by atoms with Crippen LogP contribution in [0.4, 0.5) is 0 Å². The van der Waals surface area contributed by atoms with Crippen molar-refractivity contribution in [1.82, 2.24) is 4.57 Å². The molecule has 0 aliphatic heterocycles. The van der Waals surface area contributed by atoms with Crippen LogP contribution in [0.1, 0.15) is 46.5 Å². The van der Waals surface area contributed by atoms with Crippen molar-refractivity contribution >= 4 is 11.8 Å². The molecule has 3 unspecified atom stereocenters. The normalized spacial score (nSPS) is 29.7. The Morgan fingerprint density at radius 1 is 1.33 bits per heavy atom. The van der Waals surface area contributed by atoms with Crippen molar-refractivity contribution in [2.45, 2.75) is 25.7 Å². The summed E-state index contributed by atoms with van der Waals surface area (Å²) in [5.41, 5.74) is 0.744. The molecule has 2 saturated carbocycles. The highest BCUT2D eigenvalue weighted by molar-refractivity contribution is 6.00. The van der Waals surface area contributed by atoms with Crippen LogP contribution in [0.3, 0.4) is 0 Å². The van der Waals surface area contributed by atoms with E-state index in [4.69, 9.17) is 5.11 Å². The van der Waals surface area contributed by atoms with E-state index in [1.165, 1.54) is 29.9 Å². The number of fused-ring (bicyclic) bond motifs is 2. The number of carboxylic acid groups (broad SMARTS) is 1. The molecular weight excluding hydrogens is 230 g/mol. The van der Waals surface area contributed by atoms with Gasteiger partial charge in [0.1, 0.15) is 5.69 Å². The van der Waals surface area contributed by atoms with Crippen molar-refractivity contribution in [1.29, 1.82) is 0 Å². The number of carbonyl (C=O) groups is 2. The minimum atomic E-state index is -0.982. The molecule has 1 heterocycles. The van der Waals surface area contributed by atoms with Gasteiger partial charge in [-0.3, -0.25) is 4.79 Å². The van der Waals surface area contributed by atoms with E-state index in [1.54, 1.807) is 13.2 Å². The molecule has 0 spiro atoms. The second-order valence-electron chi connectivity index (χ2n) is 5.68. The number of carbonyl (C=O) groups excluding carboxylic acids is 1. The Kier molecular flexibility index (Phi) is 2.54. The van der Waals surface area contributed by atoms with Crippen molar-refractivity contribution in [2.75, 3.05) is 0 Å². The molecule has 1 aromatic rings. The summed E-state index contributed by atoms with van der Waals surface area (Å²) in [4.78, 5) is 23.4. The van der Waals surface area contributed by atoms with Crippen molar-refractivity contribution in [3.8, 4) is 0 Å². The zero-order chi connectivity index (χ0) is 12.9. The van der Waals surface area contributed by atoms with Gasteiger partial charge in [0.05, 0.1) is 0 Å². The monoisotopic (exact) mass is 247 g/mol. The third-order valence-electron chi connectivity index (χ3n) is 4.58. The summed E-state index contributed by atoms with van der Waals surface area (Å²) in [5, 5.41) is 9.00. The molecule has 1 aromatic heterocycles. The van der Waals surface area contributed by atoms with Gasteiger partial charge in [-0.25, -0.2) is 4.79 Å². The lowest BCUT2D eigenvalue weighted by Crippen LogP contribution is -2.20. The van der Waals surface area contributed by atoms with Gasteiger partial charge in [0, 0.05) is 24.7 Å². The van der Waals surface area contributed by atoms with Crippen LogP contribution in [0.25, 0.3) is 0 Å². The molecule has 3 atom stereocenters. The van der Waals surface area contributed by atoms with Crippen LogP contribution < -0.4 is 0 Å². The second-order valence-corrected chi connectivity index (χ2v) is 5.68. The molecule has 2 bridgehead atoms. The Balaban J connectivity index is 1.84. The molecule has 0 aromatic carbocycles. The Morgan fingerprint density at radius 2 is 2.11 bits per heavy atom. The van der Waals surface area contributed by atoms with Gasteiger partial charge in [-0.1, -0.05) is 6.42 Å². The summed E-state index contributed by atoms with van der Waals surface area (Å²) in [6.45, 7) is 0. The fourth-order valence-corrected chi connectivity index (χ4v) is 3.69. The number of ketones is 1. The quantitative estimate of drug-likeness (QED) is 0.834. The Morgan fingerprint density at radius 3 is 2.61 bits per heavy atom. The molecule has 96 valence electrons. The standard InChI is InChI=1S/C14H17NO3/c1-15-7-10(6-12(15)14(17)18)13(16)11-5-8-2-3-9(11)4-8/h6-9,11H,2-5H2,1H3,(H,17,18). The molecule has 3 rings (SSSR count). The number of rotatable bonds is 3. The Hall–Kier alpha value is -1.58. The van der Waals surface area contributed by atoms with Crippen LogP contribution in [-0.4, -0.2) is 21.4 Å². The average molecular weight is 247 g/mol. The number of hydrogen-bond donors (Lipinski definition) is 1. The van der Waals surface area contributed by atoms with Crippen LogP contribution >= 0.6 is 0 Å². The second kappa shape index (κ2) is 3.97. The average Bonchev–Trinajstić information content (AvgIpc) is 3.01. The number of carboxylic acids is 1. The summed E-state index contributed by atoms with van der Waals surface area (Å²) in [5.74, 6) is 0.560.